The Morgan fingerprint density at radius 3 is 2.47 bits per heavy atom. The number of para-hydroxylation sites is 2. The van der Waals surface area contributed by atoms with Crippen LogP contribution in [0.15, 0.2) is 36.5 Å². The quantitative estimate of drug-likeness (QED) is 0.677. The van der Waals surface area contributed by atoms with Crippen molar-refractivity contribution < 1.29 is 27.5 Å². The van der Waals surface area contributed by atoms with Crippen molar-refractivity contribution in [2.24, 2.45) is 0 Å². The van der Waals surface area contributed by atoms with Gasteiger partial charge in [-0.3, -0.25) is 9.59 Å². The number of carbonyl (C=O) groups excluding carboxylic acids is 2. The molecule has 0 bridgehead atoms. The van der Waals surface area contributed by atoms with Crippen LogP contribution in [0.2, 0.25) is 5.02 Å². The summed E-state index contributed by atoms with van der Waals surface area (Å²) in [6.45, 7) is 2.88. The van der Waals surface area contributed by atoms with Crippen molar-refractivity contribution in [3.05, 3.63) is 47.1 Å². The van der Waals surface area contributed by atoms with Gasteiger partial charge >= 0.3 is 6.18 Å². The van der Waals surface area contributed by atoms with E-state index < -0.39 is 17.8 Å². The topological polar surface area (TPSA) is 66.0 Å². The third-order valence-corrected chi connectivity index (χ3v) is 5.75. The maximum atomic E-state index is 13.1. The maximum Gasteiger partial charge on any atom is 0.417 e. The second-order valence-corrected chi connectivity index (χ2v) is 7.95. The van der Waals surface area contributed by atoms with Gasteiger partial charge in [-0.25, -0.2) is 4.98 Å². The summed E-state index contributed by atoms with van der Waals surface area (Å²) in [5.74, 6) is 0.271. The molecule has 0 aliphatic carbocycles. The molecule has 11 heteroatoms. The van der Waals surface area contributed by atoms with Crippen molar-refractivity contribution in [1.82, 2.24) is 9.88 Å². The average molecular weight is 469 g/mol. The molecular formula is C21H20ClF3N4O3. The van der Waals surface area contributed by atoms with E-state index in [1.807, 2.05) is 0 Å². The Labute approximate surface area is 187 Å². The summed E-state index contributed by atoms with van der Waals surface area (Å²) in [4.78, 5) is 33.9. The standard InChI is InChI=1S/C21H20ClF3N4O3/c1-13(30)29-12-18(32-17-5-3-2-4-16(17)29)20(31)28-8-6-27(7-9-28)19-15(22)10-14(11-26-19)21(23,24)25/h2-5,10-11,18H,6-9,12H2,1H3/t18-/m1/s1. The Morgan fingerprint density at radius 2 is 1.84 bits per heavy atom. The molecule has 1 saturated heterocycles. The molecule has 2 aliphatic heterocycles. The Bertz CT molecular complexity index is 1040. The lowest BCUT2D eigenvalue weighted by atomic mass is 10.1. The minimum Gasteiger partial charge on any atom is -0.476 e. The summed E-state index contributed by atoms with van der Waals surface area (Å²) in [6.07, 6.45) is -4.61. The van der Waals surface area contributed by atoms with Crippen LogP contribution >= 0.6 is 11.6 Å². The third-order valence-electron chi connectivity index (χ3n) is 5.47. The van der Waals surface area contributed by atoms with Gasteiger partial charge in [0.2, 0.25) is 5.91 Å². The predicted octanol–water partition coefficient (Wildman–Crippen LogP) is 3.22. The number of hydrogen-bond acceptors (Lipinski definition) is 5. The van der Waals surface area contributed by atoms with Gasteiger partial charge in [0.15, 0.2) is 6.10 Å². The highest BCUT2D eigenvalue weighted by Gasteiger charge is 2.37. The first-order valence-corrected chi connectivity index (χ1v) is 10.3. The van der Waals surface area contributed by atoms with Crippen LogP contribution in [0, 0.1) is 0 Å². The summed E-state index contributed by atoms with van der Waals surface area (Å²) >= 11 is 6.04. The monoisotopic (exact) mass is 468 g/mol. The molecular weight excluding hydrogens is 449 g/mol. The Morgan fingerprint density at radius 1 is 1.16 bits per heavy atom. The van der Waals surface area contributed by atoms with Gasteiger partial charge in [-0.05, 0) is 18.2 Å². The smallest absolute Gasteiger partial charge is 0.417 e. The molecule has 0 unspecified atom stereocenters. The van der Waals surface area contributed by atoms with Crippen molar-refractivity contribution in [2.75, 3.05) is 42.5 Å². The number of rotatable bonds is 2. The minimum absolute atomic E-state index is 0.0936. The largest absolute Gasteiger partial charge is 0.476 e. The zero-order valence-corrected chi connectivity index (χ0v) is 17.9. The number of amides is 2. The molecule has 0 spiro atoms. The number of hydrogen-bond donors (Lipinski definition) is 0. The third kappa shape index (κ3) is 4.32. The molecule has 7 nitrogen and oxygen atoms in total. The van der Waals surface area contributed by atoms with Crippen LogP contribution in [-0.2, 0) is 15.8 Å². The second-order valence-electron chi connectivity index (χ2n) is 7.54. The molecule has 3 heterocycles. The fourth-order valence-electron chi connectivity index (χ4n) is 3.82. The number of pyridine rings is 1. The maximum absolute atomic E-state index is 13.1. The number of ether oxygens (including phenoxy) is 1. The average Bonchev–Trinajstić information content (AvgIpc) is 2.77. The number of benzene rings is 1. The Kier molecular flexibility index (Phi) is 5.89. The van der Waals surface area contributed by atoms with Gasteiger partial charge in [0.05, 0.1) is 22.8 Å². The molecule has 2 amide bonds. The van der Waals surface area contributed by atoms with Crippen LogP contribution in [-0.4, -0.2) is 60.5 Å². The normalized spacial score (nSPS) is 18.8. The number of halogens is 4. The highest BCUT2D eigenvalue weighted by molar-refractivity contribution is 6.33. The highest BCUT2D eigenvalue weighted by Crippen LogP contribution is 2.35. The number of anilines is 2. The van der Waals surface area contributed by atoms with Crippen molar-refractivity contribution in [1.29, 1.82) is 0 Å². The number of nitrogens with zero attached hydrogens (tertiary/aromatic N) is 4. The molecule has 0 radical (unpaired) electrons. The SMILES string of the molecule is CC(=O)N1C[C@H](C(=O)N2CCN(c3ncc(C(F)(F)F)cc3Cl)CC2)Oc2ccccc21. The van der Waals surface area contributed by atoms with Crippen molar-refractivity contribution in [3.63, 3.8) is 0 Å². The fraction of sp³-hybridized carbons (Fsp3) is 0.381. The lowest BCUT2D eigenvalue weighted by Gasteiger charge is -2.39. The van der Waals surface area contributed by atoms with Crippen molar-refractivity contribution >= 4 is 34.9 Å². The molecule has 32 heavy (non-hydrogen) atoms. The van der Waals surface area contributed by atoms with Crippen LogP contribution < -0.4 is 14.5 Å². The van der Waals surface area contributed by atoms with E-state index in [1.165, 1.54) is 11.8 Å². The Balaban J connectivity index is 1.43. The molecule has 2 aliphatic rings. The van der Waals surface area contributed by atoms with E-state index in [0.29, 0.717) is 37.6 Å². The Hall–Kier alpha value is -3.01. The molecule has 2 aromatic rings. The molecule has 4 rings (SSSR count). The van der Waals surface area contributed by atoms with Gasteiger partial charge in [0.1, 0.15) is 11.6 Å². The van der Waals surface area contributed by atoms with Crippen LogP contribution in [0.4, 0.5) is 24.7 Å². The second kappa shape index (κ2) is 8.50. The predicted molar refractivity (Wildman–Crippen MR) is 112 cm³/mol. The number of aromatic nitrogens is 1. The molecule has 1 atom stereocenters. The zero-order chi connectivity index (χ0) is 23.0. The molecule has 1 fully saturated rings. The number of fused-ring (bicyclic) bond motifs is 1. The zero-order valence-electron chi connectivity index (χ0n) is 17.1. The highest BCUT2D eigenvalue weighted by atomic mass is 35.5. The first kappa shape index (κ1) is 22.2. The van der Waals surface area contributed by atoms with E-state index in [9.17, 15) is 22.8 Å². The van der Waals surface area contributed by atoms with Crippen LogP contribution in [0.3, 0.4) is 0 Å². The molecule has 1 aromatic carbocycles. The van der Waals surface area contributed by atoms with E-state index in [1.54, 1.807) is 34.1 Å². The molecule has 1 aromatic heterocycles. The van der Waals surface area contributed by atoms with Crippen LogP contribution in [0.1, 0.15) is 12.5 Å². The van der Waals surface area contributed by atoms with E-state index in [2.05, 4.69) is 4.98 Å². The van der Waals surface area contributed by atoms with Crippen LogP contribution in [0.5, 0.6) is 5.75 Å². The van der Waals surface area contributed by atoms with Gasteiger partial charge in [-0.2, -0.15) is 13.2 Å². The summed E-state index contributed by atoms with van der Waals surface area (Å²) in [5.41, 5.74) is -0.290. The van der Waals surface area contributed by atoms with Gasteiger partial charge < -0.3 is 19.4 Å². The minimum atomic E-state index is -4.52. The molecule has 170 valence electrons. The van der Waals surface area contributed by atoms with E-state index >= 15 is 0 Å². The first-order chi connectivity index (χ1) is 15.1. The molecule has 0 N–H and O–H groups in total. The summed E-state index contributed by atoms with van der Waals surface area (Å²) in [6, 6.07) is 7.88. The summed E-state index contributed by atoms with van der Waals surface area (Å²) in [7, 11) is 0. The van der Waals surface area contributed by atoms with Crippen LogP contribution in [0.25, 0.3) is 0 Å². The van der Waals surface area contributed by atoms with Gasteiger partial charge in [-0.1, -0.05) is 23.7 Å². The lowest BCUT2D eigenvalue weighted by molar-refractivity contribution is -0.139. The summed E-state index contributed by atoms with van der Waals surface area (Å²) < 4.78 is 44.4. The number of piperazine rings is 1. The van der Waals surface area contributed by atoms with Gasteiger partial charge in [-0.15, -0.1) is 0 Å². The fourth-order valence-corrected chi connectivity index (χ4v) is 4.11. The van der Waals surface area contributed by atoms with Gasteiger partial charge in [0, 0.05) is 39.3 Å². The number of alkyl halides is 3. The van der Waals surface area contributed by atoms with Crippen molar-refractivity contribution in [3.8, 4) is 5.75 Å². The number of carbonyl (C=O) groups is 2. The van der Waals surface area contributed by atoms with Gasteiger partial charge in [0.25, 0.3) is 5.91 Å². The first-order valence-electron chi connectivity index (χ1n) is 9.95. The van der Waals surface area contributed by atoms with Crippen molar-refractivity contribution in [2.45, 2.75) is 19.2 Å². The van der Waals surface area contributed by atoms with E-state index in [4.69, 9.17) is 16.3 Å². The lowest BCUT2D eigenvalue weighted by Crippen LogP contribution is -2.56. The van der Waals surface area contributed by atoms with E-state index in [-0.39, 0.29) is 29.2 Å². The molecule has 0 saturated carbocycles. The summed E-state index contributed by atoms with van der Waals surface area (Å²) in [5, 5.41) is -0.0936. The van der Waals surface area contributed by atoms with E-state index in [0.717, 1.165) is 12.3 Å².